The maximum absolute atomic E-state index is 11.3. The van der Waals surface area contributed by atoms with Gasteiger partial charge in [-0.3, -0.25) is 4.79 Å². The van der Waals surface area contributed by atoms with Crippen LogP contribution in [0.15, 0.2) is 0 Å². The van der Waals surface area contributed by atoms with Crippen molar-refractivity contribution in [3.63, 3.8) is 0 Å². The summed E-state index contributed by atoms with van der Waals surface area (Å²) in [7, 11) is 0. The molecule has 0 aromatic rings. The Bertz CT molecular complexity index is 154. The molecule has 0 aliphatic carbocycles. The Morgan fingerprint density at radius 2 is 2.27 bits per heavy atom. The molecule has 3 nitrogen and oxygen atoms in total. The van der Waals surface area contributed by atoms with E-state index in [4.69, 9.17) is 0 Å². The van der Waals surface area contributed by atoms with Gasteiger partial charge in [0.25, 0.3) is 0 Å². The fraction of sp³-hybridized carbons (Fsp3) is 0.875. The number of rotatable bonds is 2. The van der Waals surface area contributed by atoms with Gasteiger partial charge in [-0.25, -0.2) is 0 Å². The van der Waals surface area contributed by atoms with Gasteiger partial charge in [0, 0.05) is 13.1 Å². The lowest BCUT2D eigenvalue weighted by molar-refractivity contribution is -0.128. The smallest absolute Gasteiger partial charge is 0.240 e. The molecule has 1 rings (SSSR count). The third-order valence-corrected chi connectivity index (χ3v) is 2.18. The second-order valence-corrected chi connectivity index (χ2v) is 3.26. The van der Waals surface area contributed by atoms with Crippen molar-refractivity contribution in [3.05, 3.63) is 0 Å². The first-order chi connectivity index (χ1) is 5.19. The fourth-order valence-corrected chi connectivity index (χ4v) is 1.49. The molecule has 3 heteroatoms. The Balaban J connectivity index is 2.57. The van der Waals surface area contributed by atoms with Crippen LogP contribution >= 0.6 is 0 Å². The van der Waals surface area contributed by atoms with E-state index in [2.05, 4.69) is 17.6 Å². The molecule has 1 atom stereocenters. The maximum Gasteiger partial charge on any atom is 0.240 e. The zero-order valence-corrected chi connectivity index (χ0v) is 7.24. The number of carbonyl (C=O) groups is 1. The summed E-state index contributed by atoms with van der Waals surface area (Å²) in [5.41, 5.74) is -0.312. The predicted octanol–water partition coefficient (Wildman–Crippen LogP) is 0.265. The normalized spacial score (nSPS) is 31.6. The molecule has 2 N–H and O–H groups in total. The second kappa shape index (κ2) is 3.22. The molecule has 64 valence electrons. The van der Waals surface area contributed by atoms with E-state index >= 15 is 0 Å². The highest BCUT2D eigenvalue weighted by molar-refractivity contribution is 5.86. The molecule has 11 heavy (non-hydrogen) atoms. The van der Waals surface area contributed by atoms with Gasteiger partial charge >= 0.3 is 0 Å². The summed E-state index contributed by atoms with van der Waals surface area (Å²) in [6.45, 7) is 5.71. The minimum atomic E-state index is -0.312. The van der Waals surface area contributed by atoms with Crippen LogP contribution in [0.1, 0.15) is 26.7 Å². The Labute approximate surface area is 67.5 Å². The summed E-state index contributed by atoms with van der Waals surface area (Å²) in [6, 6.07) is 0. The second-order valence-electron chi connectivity index (χ2n) is 3.26. The minimum Gasteiger partial charge on any atom is -0.353 e. The summed E-state index contributed by atoms with van der Waals surface area (Å²) >= 11 is 0. The summed E-state index contributed by atoms with van der Waals surface area (Å²) in [5.74, 6) is 0.144. The summed E-state index contributed by atoms with van der Waals surface area (Å²) < 4.78 is 0. The molecule has 1 aliphatic heterocycles. The molecule has 0 radical (unpaired) electrons. The molecule has 1 aliphatic rings. The Hall–Kier alpha value is -0.570. The van der Waals surface area contributed by atoms with E-state index in [9.17, 15) is 4.79 Å². The van der Waals surface area contributed by atoms with E-state index in [1.54, 1.807) is 0 Å². The number of piperazine rings is 1. The van der Waals surface area contributed by atoms with Crippen molar-refractivity contribution < 1.29 is 4.79 Å². The monoisotopic (exact) mass is 156 g/mol. The summed E-state index contributed by atoms with van der Waals surface area (Å²) in [6.07, 6.45) is 1.95. The zero-order chi connectivity index (χ0) is 8.32. The van der Waals surface area contributed by atoms with Gasteiger partial charge in [-0.15, -0.1) is 0 Å². The molecule has 1 saturated heterocycles. The lowest BCUT2D eigenvalue weighted by Gasteiger charge is -2.33. The predicted molar refractivity (Wildman–Crippen MR) is 44.3 cm³/mol. The van der Waals surface area contributed by atoms with Crippen LogP contribution in [0, 0.1) is 0 Å². The van der Waals surface area contributed by atoms with Crippen LogP contribution in [0.3, 0.4) is 0 Å². The van der Waals surface area contributed by atoms with Crippen molar-refractivity contribution in [3.8, 4) is 0 Å². The van der Waals surface area contributed by atoms with Crippen molar-refractivity contribution in [2.75, 3.05) is 13.1 Å². The molecular formula is C8H16N2O. The summed E-state index contributed by atoms with van der Waals surface area (Å²) in [5, 5.41) is 6.09. The van der Waals surface area contributed by atoms with E-state index in [1.807, 2.05) is 6.92 Å². The topological polar surface area (TPSA) is 41.1 Å². The molecule has 0 unspecified atom stereocenters. The number of amides is 1. The first-order valence-electron chi connectivity index (χ1n) is 4.22. The van der Waals surface area contributed by atoms with Gasteiger partial charge in [0.15, 0.2) is 0 Å². The van der Waals surface area contributed by atoms with Crippen LogP contribution in [0.25, 0.3) is 0 Å². The lowest BCUT2D eigenvalue weighted by Crippen LogP contribution is -2.61. The first kappa shape index (κ1) is 8.53. The zero-order valence-electron chi connectivity index (χ0n) is 7.24. The van der Waals surface area contributed by atoms with Crippen molar-refractivity contribution in [1.29, 1.82) is 0 Å². The highest BCUT2D eigenvalue weighted by atomic mass is 16.2. The number of carbonyl (C=O) groups excluding carboxylic acids is 1. The van der Waals surface area contributed by atoms with E-state index in [0.717, 1.165) is 25.9 Å². The standard InChI is InChI=1S/C8H16N2O/c1-3-4-8(2)7(11)9-5-6-10-8/h10H,3-6H2,1-2H3,(H,9,11)/t8-/m0/s1. The minimum absolute atomic E-state index is 0.144. The number of nitrogens with one attached hydrogen (secondary N) is 2. The van der Waals surface area contributed by atoms with Crippen LogP contribution in [0.5, 0.6) is 0 Å². The largest absolute Gasteiger partial charge is 0.353 e. The van der Waals surface area contributed by atoms with Gasteiger partial charge in [0.2, 0.25) is 5.91 Å². The number of hydrogen-bond acceptors (Lipinski definition) is 2. The molecular weight excluding hydrogens is 140 g/mol. The van der Waals surface area contributed by atoms with E-state index in [-0.39, 0.29) is 11.4 Å². The van der Waals surface area contributed by atoms with Crippen molar-refractivity contribution >= 4 is 5.91 Å². The SMILES string of the molecule is CCC[C@]1(C)NCCNC1=O. The van der Waals surface area contributed by atoms with E-state index in [0.29, 0.717) is 0 Å². The molecule has 0 bridgehead atoms. The molecule has 0 aromatic carbocycles. The van der Waals surface area contributed by atoms with Crippen LogP contribution in [-0.2, 0) is 4.79 Å². The van der Waals surface area contributed by atoms with Crippen LogP contribution in [-0.4, -0.2) is 24.5 Å². The fourth-order valence-electron chi connectivity index (χ4n) is 1.49. The third kappa shape index (κ3) is 1.71. The van der Waals surface area contributed by atoms with Crippen molar-refractivity contribution in [1.82, 2.24) is 10.6 Å². The van der Waals surface area contributed by atoms with E-state index < -0.39 is 0 Å². The quantitative estimate of drug-likeness (QED) is 0.602. The van der Waals surface area contributed by atoms with E-state index in [1.165, 1.54) is 0 Å². The van der Waals surface area contributed by atoms with Crippen LogP contribution in [0.4, 0.5) is 0 Å². The van der Waals surface area contributed by atoms with Crippen molar-refractivity contribution in [2.45, 2.75) is 32.2 Å². The Morgan fingerprint density at radius 3 is 2.82 bits per heavy atom. The average molecular weight is 156 g/mol. The highest BCUT2D eigenvalue weighted by Gasteiger charge is 2.33. The Kier molecular flexibility index (Phi) is 2.49. The molecule has 1 fully saturated rings. The third-order valence-electron chi connectivity index (χ3n) is 2.18. The van der Waals surface area contributed by atoms with Gasteiger partial charge in [-0.05, 0) is 13.3 Å². The molecule has 1 amide bonds. The maximum atomic E-state index is 11.3. The van der Waals surface area contributed by atoms with Gasteiger partial charge < -0.3 is 10.6 Å². The first-order valence-corrected chi connectivity index (χ1v) is 4.22. The van der Waals surface area contributed by atoms with Gasteiger partial charge in [0.1, 0.15) is 0 Å². The molecule has 0 saturated carbocycles. The molecule has 0 aromatic heterocycles. The van der Waals surface area contributed by atoms with Gasteiger partial charge in [-0.2, -0.15) is 0 Å². The van der Waals surface area contributed by atoms with Crippen LogP contribution in [0.2, 0.25) is 0 Å². The molecule has 0 spiro atoms. The number of hydrogen-bond donors (Lipinski definition) is 2. The van der Waals surface area contributed by atoms with Crippen molar-refractivity contribution in [2.24, 2.45) is 0 Å². The van der Waals surface area contributed by atoms with Gasteiger partial charge in [-0.1, -0.05) is 13.3 Å². The lowest BCUT2D eigenvalue weighted by atomic mass is 9.93. The average Bonchev–Trinajstić information content (AvgIpc) is 1.96. The Morgan fingerprint density at radius 1 is 1.55 bits per heavy atom. The van der Waals surface area contributed by atoms with Crippen LogP contribution < -0.4 is 10.6 Å². The summed E-state index contributed by atoms with van der Waals surface area (Å²) in [4.78, 5) is 11.3. The molecule has 1 heterocycles. The highest BCUT2D eigenvalue weighted by Crippen LogP contribution is 2.13. The van der Waals surface area contributed by atoms with Gasteiger partial charge in [0.05, 0.1) is 5.54 Å².